The molecule has 3 heterocycles. The van der Waals surface area contributed by atoms with Crippen molar-refractivity contribution >= 4 is 22.4 Å². The lowest BCUT2D eigenvalue weighted by Gasteiger charge is -2.18. The average Bonchev–Trinajstić information content (AvgIpc) is 3.33. The van der Waals surface area contributed by atoms with E-state index in [0.29, 0.717) is 18.3 Å². The number of aryl methyl sites for hydroxylation is 2. The van der Waals surface area contributed by atoms with Gasteiger partial charge in [0, 0.05) is 29.3 Å². The second-order valence-corrected chi connectivity index (χ2v) is 7.75. The minimum Gasteiger partial charge on any atom is -0.486 e. The molecule has 0 bridgehead atoms. The highest BCUT2D eigenvalue weighted by atomic mass is 32.1. The van der Waals surface area contributed by atoms with Gasteiger partial charge in [0.25, 0.3) is 0 Å². The summed E-state index contributed by atoms with van der Waals surface area (Å²) in [6, 6.07) is 5.43. The lowest BCUT2D eigenvalue weighted by atomic mass is 10.1. The lowest BCUT2D eigenvalue weighted by Crippen LogP contribution is -2.24. The average molecular weight is 398 g/mol. The van der Waals surface area contributed by atoms with Gasteiger partial charge >= 0.3 is 0 Å². The molecule has 1 aliphatic heterocycles. The quantitative estimate of drug-likeness (QED) is 0.706. The smallest absolute Gasteiger partial charge is 0.248 e. The predicted octanol–water partition coefficient (Wildman–Crippen LogP) is 3.85. The maximum Gasteiger partial charge on any atom is 0.248 e. The first-order chi connectivity index (χ1) is 13.6. The highest BCUT2D eigenvalue weighted by Gasteiger charge is 2.20. The van der Waals surface area contributed by atoms with Crippen molar-refractivity contribution in [1.29, 1.82) is 0 Å². The molecule has 0 aliphatic carbocycles. The molecule has 7 nitrogen and oxygen atoms in total. The minimum atomic E-state index is -0.362. The number of hydrogen-bond donors (Lipinski definition) is 1. The third-order valence-electron chi connectivity index (χ3n) is 4.70. The monoisotopic (exact) mass is 398 g/mol. The normalized spacial score (nSPS) is 14.0. The molecule has 1 aliphatic rings. The van der Waals surface area contributed by atoms with Gasteiger partial charge in [-0.25, -0.2) is 9.97 Å². The molecule has 0 spiro atoms. The zero-order valence-electron chi connectivity index (χ0n) is 16.1. The van der Waals surface area contributed by atoms with Crippen LogP contribution in [0.5, 0.6) is 11.5 Å². The molecule has 1 amide bonds. The molecular formula is C20H22N4O3S. The molecule has 3 aromatic rings. The number of benzene rings is 1. The van der Waals surface area contributed by atoms with Crippen molar-refractivity contribution in [2.24, 2.45) is 0 Å². The van der Waals surface area contributed by atoms with Crippen LogP contribution in [0, 0.1) is 6.92 Å². The van der Waals surface area contributed by atoms with Crippen LogP contribution >= 0.6 is 11.3 Å². The van der Waals surface area contributed by atoms with Crippen LogP contribution in [0.3, 0.4) is 0 Å². The molecule has 4 rings (SSSR count). The molecule has 146 valence electrons. The molecular weight excluding hydrogens is 376 g/mol. The fraction of sp³-hybridized carbons (Fsp3) is 0.350. The maximum atomic E-state index is 12.7. The predicted molar refractivity (Wildman–Crippen MR) is 108 cm³/mol. The van der Waals surface area contributed by atoms with E-state index in [1.54, 1.807) is 6.20 Å². The summed E-state index contributed by atoms with van der Waals surface area (Å²) in [6.07, 6.45) is 4.32. The van der Waals surface area contributed by atoms with E-state index in [2.05, 4.69) is 15.3 Å². The van der Waals surface area contributed by atoms with Crippen molar-refractivity contribution in [3.63, 3.8) is 0 Å². The molecule has 2 aromatic heterocycles. The summed E-state index contributed by atoms with van der Waals surface area (Å²) in [7, 11) is 0. The van der Waals surface area contributed by atoms with E-state index in [9.17, 15) is 4.79 Å². The Balaban J connectivity index is 1.54. The SMILES string of the molecule is CCc1nccn1C(C)C(=O)Nc1nc(-c2ccc3c(c2)OCCO3)c(C)s1. The van der Waals surface area contributed by atoms with E-state index in [-0.39, 0.29) is 11.9 Å². The van der Waals surface area contributed by atoms with Crippen LogP contribution in [0.4, 0.5) is 5.13 Å². The summed E-state index contributed by atoms with van der Waals surface area (Å²) in [5, 5.41) is 3.52. The standard InChI is InChI=1S/C20H22N4O3S/c1-4-17-21-7-8-24(17)12(2)19(25)23-20-22-18(13(3)28-20)14-5-6-15-16(11-14)27-10-9-26-15/h5-8,11-12H,4,9-10H2,1-3H3,(H,22,23,25). The number of fused-ring (bicyclic) bond motifs is 1. The Bertz CT molecular complexity index is 1010. The van der Waals surface area contributed by atoms with E-state index in [4.69, 9.17) is 9.47 Å². The highest BCUT2D eigenvalue weighted by Crippen LogP contribution is 2.37. The number of carbonyl (C=O) groups is 1. The summed E-state index contributed by atoms with van der Waals surface area (Å²) in [5.41, 5.74) is 1.77. The molecule has 1 unspecified atom stereocenters. The summed E-state index contributed by atoms with van der Waals surface area (Å²) in [5.74, 6) is 2.24. The number of thiazole rings is 1. The largest absolute Gasteiger partial charge is 0.486 e. The number of nitrogens with one attached hydrogen (secondary N) is 1. The number of amides is 1. The lowest BCUT2D eigenvalue weighted by molar-refractivity contribution is -0.118. The van der Waals surface area contributed by atoms with Gasteiger partial charge < -0.3 is 19.4 Å². The van der Waals surface area contributed by atoms with Crippen molar-refractivity contribution in [2.75, 3.05) is 18.5 Å². The van der Waals surface area contributed by atoms with E-state index in [0.717, 1.165) is 39.9 Å². The minimum absolute atomic E-state index is 0.116. The molecule has 0 radical (unpaired) electrons. The summed E-state index contributed by atoms with van der Waals surface area (Å²) < 4.78 is 13.1. The summed E-state index contributed by atoms with van der Waals surface area (Å²) in [4.78, 5) is 22.6. The molecule has 1 atom stereocenters. The molecule has 28 heavy (non-hydrogen) atoms. The number of aromatic nitrogens is 3. The van der Waals surface area contributed by atoms with Gasteiger partial charge in [0.1, 0.15) is 25.1 Å². The van der Waals surface area contributed by atoms with Crippen LogP contribution in [0.2, 0.25) is 0 Å². The van der Waals surface area contributed by atoms with Crippen LogP contribution in [0.1, 0.15) is 30.6 Å². The number of rotatable bonds is 5. The van der Waals surface area contributed by atoms with Gasteiger partial charge in [-0.1, -0.05) is 6.92 Å². The summed E-state index contributed by atoms with van der Waals surface area (Å²) >= 11 is 1.46. The van der Waals surface area contributed by atoms with Crippen molar-refractivity contribution in [2.45, 2.75) is 33.2 Å². The van der Waals surface area contributed by atoms with Crippen LogP contribution in [0.25, 0.3) is 11.3 Å². The Hall–Kier alpha value is -2.87. The van der Waals surface area contributed by atoms with Gasteiger partial charge in [0.15, 0.2) is 16.6 Å². The van der Waals surface area contributed by atoms with Crippen LogP contribution in [-0.2, 0) is 11.2 Å². The fourth-order valence-electron chi connectivity index (χ4n) is 3.21. The Morgan fingerprint density at radius 3 is 2.89 bits per heavy atom. The second kappa shape index (κ2) is 7.63. The fourth-order valence-corrected chi connectivity index (χ4v) is 4.05. The first-order valence-corrected chi connectivity index (χ1v) is 10.1. The molecule has 0 saturated carbocycles. The van der Waals surface area contributed by atoms with E-state index < -0.39 is 0 Å². The van der Waals surface area contributed by atoms with Gasteiger partial charge in [0.05, 0.1) is 5.69 Å². The van der Waals surface area contributed by atoms with Crippen LogP contribution < -0.4 is 14.8 Å². The zero-order chi connectivity index (χ0) is 19.7. The van der Waals surface area contributed by atoms with Crippen LogP contribution in [-0.4, -0.2) is 33.7 Å². The first kappa shape index (κ1) is 18.5. The number of ether oxygens (including phenoxy) is 2. The number of hydrogen-bond acceptors (Lipinski definition) is 6. The highest BCUT2D eigenvalue weighted by molar-refractivity contribution is 7.16. The van der Waals surface area contributed by atoms with E-state index in [1.165, 1.54) is 11.3 Å². The van der Waals surface area contributed by atoms with Gasteiger partial charge in [-0.05, 0) is 32.0 Å². The first-order valence-electron chi connectivity index (χ1n) is 9.27. The van der Waals surface area contributed by atoms with E-state index >= 15 is 0 Å². The van der Waals surface area contributed by atoms with Crippen molar-refractivity contribution in [3.05, 3.63) is 41.3 Å². The maximum absolute atomic E-state index is 12.7. The van der Waals surface area contributed by atoms with Gasteiger partial charge in [-0.15, -0.1) is 11.3 Å². The molecule has 1 N–H and O–H groups in total. The number of nitrogens with zero attached hydrogens (tertiary/aromatic N) is 3. The van der Waals surface area contributed by atoms with E-state index in [1.807, 2.05) is 49.7 Å². The Morgan fingerprint density at radius 1 is 1.32 bits per heavy atom. The van der Waals surface area contributed by atoms with Crippen molar-refractivity contribution in [1.82, 2.24) is 14.5 Å². The van der Waals surface area contributed by atoms with Crippen molar-refractivity contribution in [3.8, 4) is 22.8 Å². The van der Waals surface area contributed by atoms with Gasteiger partial charge in [-0.2, -0.15) is 0 Å². The Morgan fingerprint density at radius 2 is 2.11 bits per heavy atom. The van der Waals surface area contributed by atoms with Crippen LogP contribution in [0.15, 0.2) is 30.6 Å². The number of carbonyl (C=O) groups excluding carboxylic acids is 1. The molecule has 8 heteroatoms. The third kappa shape index (κ3) is 3.47. The van der Waals surface area contributed by atoms with Gasteiger partial charge in [0.2, 0.25) is 5.91 Å². The number of imidazole rings is 1. The zero-order valence-corrected chi connectivity index (χ0v) is 16.9. The Kier molecular flexibility index (Phi) is 5.04. The topological polar surface area (TPSA) is 78.3 Å². The third-order valence-corrected chi connectivity index (χ3v) is 5.59. The second-order valence-electron chi connectivity index (χ2n) is 6.55. The molecule has 1 aromatic carbocycles. The Labute approximate surface area is 167 Å². The summed E-state index contributed by atoms with van der Waals surface area (Å²) in [6.45, 7) is 6.98. The molecule has 0 fully saturated rings. The van der Waals surface area contributed by atoms with Crippen molar-refractivity contribution < 1.29 is 14.3 Å². The molecule has 0 saturated heterocycles. The van der Waals surface area contributed by atoms with Gasteiger partial charge in [-0.3, -0.25) is 4.79 Å². The number of anilines is 1.